The van der Waals surface area contributed by atoms with Crippen molar-refractivity contribution in [3.8, 4) is 11.5 Å². The largest absolute Gasteiger partial charge is 0.494 e. The van der Waals surface area contributed by atoms with E-state index in [1.807, 2.05) is 67.3 Å². The van der Waals surface area contributed by atoms with Gasteiger partial charge in [0.2, 0.25) is 5.91 Å². The van der Waals surface area contributed by atoms with Crippen LogP contribution in [0.3, 0.4) is 0 Å². The first-order valence-electron chi connectivity index (χ1n) is 9.79. The fourth-order valence-electron chi connectivity index (χ4n) is 3.50. The maximum Gasteiger partial charge on any atom is 0.305 e. The molecule has 0 aromatic heterocycles. The lowest BCUT2D eigenvalue weighted by molar-refractivity contribution is -0.139. The van der Waals surface area contributed by atoms with E-state index in [4.69, 9.17) is 9.47 Å². The van der Waals surface area contributed by atoms with Gasteiger partial charge in [-0.05, 0) is 62.4 Å². The van der Waals surface area contributed by atoms with E-state index < -0.39 is 12.0 Å². The van der Waals surface area contributed by atoms with Crippen molar-refractivity contribution in [2.75, 3.05) is 36.1 Å². The number of benzene rings is 2. The van der Waals surface area contributed by atoms with Gasteiger partial charge in [0, 0.05) is 24.5 Å². The molecular weight excluding hydrogens is 372 g/mol. The highest BCUT2D eigenvalue weighted by atomic mass is 16.5. The van der Waals surface area contributed by atoms with Crippen molar-refractivity contribution in [3.63, 3.8) is 0 Å². The molecule has 29 heavy (non-hydrogen) atoms. The number of hydrogen-bond acceptors (Lipinski definition) is 5. The van der Waals surface area contributed by atoms with Gasteiger partial charge in [0.05, 0.1) is 19.6 Å². The van der Waals surface area contributed by atoms with E-state index in [0.717, 1.165) is 22.9 Å². The van der Waals surface area contributed by atoms with Crippen LogP contribution in [0.1, 0.15) is 20.3 Å². The highest BCUT2D eigenvalue weighted by molar-refractivity contribution is 6.02. The van der Waals surface area contributed by atoms with Crippen LogP contribution in [0.15, 0.2) is 48.5 Å². The van der Waals surface area contributed by atoms with E-state index in [1.54, 1.807) is 4.90 Å². The Labute approximate surface area is 170 Å². The Morgan fingerprint density at radius 3 is 1.93 bits per heavy atom. The van der Waals surface area contributed by atoms with Crippen molar-refractivity contribution >= 4 is 23.3 Å². The van der Waals surface area contributed by atoms with Gasteiger partial charge in [0.15, 0.2) is 0 Å². The molecular formula is C22H26N2O5. The normalized spacial score (nSPS) is 16.6. The van der Waals surface area contributed by atoms with Gasteiger partial charge in [0.25, 0.3) is 0 Å². The van der Waals surface area contributed by atoms with Gasteiger partial charge in [-0.3, -0.25) is 9.59 Å². The van der Waals surface area contributed by atoms with Crippen LogP contribution in [0.5, 0.6) is 11.5 Å². The molecule has 1 aliphatic rings. The molecule has 2 aromatic carbocycles. The van der Waals surface area contributed by atoms with Gasteiger partial charge in [-0.1, -0.05) is 0 Å². The van der Waals surface area contributed by atoms with Crippen molar-refractivity contribution in [1.82, 2.24) is 0 Å². The number of rotatable bonds is 8. The highest BCUT2D eigenvalue weighted by Crippen LogP contribution is 2.29. The summed E-state index contributed by atoms with van der Waals surface area (Å²) >= 11 is 0. The third-order valence-electron chi connectivity index (χ3n) is 4.80. The lowest BCUT2D eigenvalue weighted by Crippen LogP contribution is -2.58. The number of carboxylic acids is 1. The van der Waals surface area contributed by atoms with Gasteiger partial charge in [-0.2, -0.15) is 0 Å². The van der Waals surface area contributed by atoms with Crippen molar-refractivity contribution in [2.24, 2.45) is 0 Å². The second-order valence-electron chi connectivity index (χ2n) is 6.65. The molecule has 1 atom stereocenters. The average Bonchev–Trinajstić information content (AvgIpc) is 2.71. The van der Waals surface area contributed by atoms with Crippen LogP contribution in [0.2, 0.25) is 0 Å². The summed E-state index contributed by atoms with van der Waals surface area (Å²) in [4.78, 5) is 28.2. The molecule has 0 radical (unpaired) electrons. The molecule has 154 valence electrons. The SMILES string of the molecule is CCOc1ccc(N2CCN(c3ccc(OCC)cc3)C(CC(=O)O)C2=O)cc1. The Bertz CT molecular complexity index is 835. The summed E-state index contributed by atoms with van der Waals surface area (Å²) in [6, 6.07) is 13.9. The summed E-state index contributed by atoms with van der Waals surface area (Å²) in [5, 5.41) is 9.38. The number of amides is 1. The van der Waals surface area contributed by atoms with Crippen LogP contribution in [0.4, 0.5) is 11.4 Å². The van der Waals surface area contributed by atoms with E-state index in [1.165, 1.54) is 0 Å². The van der Waals surface area contributed by atoms with Gasteiger partial charge < -0.3 is 24.4 Å². The van der Waals surface area contributed by atoms with Crippen molar-refractivity contribution in [1.29, 1.82) is 0 Å². The van der Waals surface area contributed by atoms with Crippen LogP contribution in [0.25, 0.3) is 0 Å². The third kappa shape index (κ3) is 4.80. The first-order valence-corrected chi connectivity index (χ1v) is 9.79. The molecule has 0 spiro atoms. The Balaban J connectivity index is 1.82. The zero-order valence-electron chi connectivity index (χ0n) is 16.7. The lowest BCUT2D eigenvalue weighted by Gasteiger charge is -2.41. The molecule has 2 aromatic rings. The Morgan fingerprint density at radius 2 is 1.45 bits per heavy atom. The van der Waals surface area contributed by atoms with Gasteiger partial charge in [-0.15, -0.1) is 0 Å². The topological polar surface area (TPSA) is 79.3 Å². The van der Waals surface area contributed by atoms with Gasteiger partial charge >= 0.3 is 5.97 Å². The third-order valence-corrected chi connectivity index (χ3v) is 4.80. The van der Waals surface area contributed by atoms with Crippen molar-refractivity contribution in [3.05, 3.63) is 48.5 Å². The Kier molecular flexibility index (Phi) is 6.59. The number of carbonyl (C=O) groups excluding carboxylic acids is 1. The van der Waals surface area contributed by atoms with E-state index in [-0.39, 0.29) is 12.3 Å². The fourth-order valence-corrected chi connectivity index (χ4v) is 3.50. The van der Waals surface area contributed by atoms with E-state index in [0.29, 0.717) is 26.3 Å². The number of anilines is 2. The number of nitrogens with zero attached hydrogens (tertiary/aromatic N) is 2. The van der Waals surface area contributed by atoms with Crippen LogP contribution < -0.4 is 19.3 Å². The highest BCUT2D eigenvalue weighted by Gasteiger charge is 2.37. The maximum atomic E-state index is 13.2. The molecule has 1 N–H and O–H groups in total. The van der Waals surface area contributed by atoms with Crippen LogP contribution in [-0.2, 0) is 9.59 Å². The Hall–Kier alpha value is -3.22. The number of hydrogen-bond donors (Lipinski definition) is 1. The summed E-state index contributed by atoms with van der Waals surface area (Å²) in [6.07, 6.45) is -0.264. The van der Waals surface area contributed by atoms with Crippen molar-refractivity contribution in [2.45, 2.75) is 26.3 Å². The van der Waals surface area contributed by atoms with E-state index >= 15 is 0 Å². The predicted octanol–water partition coefficient (Wildman–Crippen LogP) is 3.18. The zero-order valence-corrected chi connectivity index (χ0v) is 16.7. The van der Waals surface area contributed by atoms with Crippen LogP contribution in [0, 0.1) is 0 Å². The minimum Gasteiger partial charge on any atom is -0.494 e. The molecule has 1 unspecified atom stereocenters. The van der Waals surface area contributed by atoms with Crippen LogP contribution in [-0.4, -0.2) is 49.3 Å². The number of carbonyl (C=O) groups is 2. The first kappa shape index (κ1) is 20.5. The molecule has 0 bridgehead atoms. The number of piperazine rings is 1. The maximum absolute atomic E-state index is 13.2. The molecule has 1 amide bonds. The summed E-state index contributed by atoms with van der Waals surface area (Å²) in [7, 11) is 0. The van der Waals surface area contributed by atoms with Gasteiger partial charge in [0.1, 0.15) is 17.5 Å². The van der Waals surface area contributed by atoms with Crippen molar-refractivity contribution < 1.29 is 24.2 Å². The molecule has 0 saturated carbocycles. The number of ether oxygens (including phenoxy) is 2. The summed E-state index contributed by atoms with van der Waals surface area (Å²) in [6.45, 7) is 5.96. The first-order chi connectivity index (χ1) is 14.0. The smallest absolute Gasteiger partial charge is 0.305 e. The molecule has 0 aliphatic carbocycles. The van der Waals surface area contributed by atoms with Crippen LogP contribution >= 0.6 is 0 Å². The van der Waals surface area contributed by atoms with E-state index in [9.17, 15) is 14.7 Å². The monoisotopic (exact) mass is 398 g/mol. The predicted molar refractivity (Wildman–Crippen MR) is 111 cm³/mol. The molecule has 1 aliphatic heterocycles. The standard InChI is InChI=1S/C22H26N2O5/c1-3-28-18-9-5-16(6-10-18)23-13-14-24(22(27)20(23)15-21(25)26)17-7-11-19(12-8-17)29-4-2/h5-12,20H,3-4,13-15H2,1-2H3,(H,25,26). The molecule has 7 nitrogen and oxygen atoms in total. The lowest BCUT2D eigenvalue weighted by atomic mass is 10.0. The molecule has 1 saturated heterocycles. The average molecular weight is 398 g/mol. The molecule has 1 fully saturated rings. The second-order valence-corrected chi connectivity index (χ2v) is 6.65. The number of carboxylic acid groups (broad SMARTS) is 1. The minimum atomic E-state index is -1.01. The van der Waals surface area contributed by atoms with Gasteiger partial charge in [-0.25, -0.2) is 0 Å². The molecule has 1 heterocycles. The summed E-state index contributed by atoms with van der Waals surface area (Å²) < 4.78 is 10.9. The summed E-state index contributed by atoms with van der Waals surface area (Å²) in [5.74, 6) is 0.244. The number of aliphatic carboxylic acids is 1. The molecule has 3 rings (SSSR count). The Morgan fingerprint density at radius 1 is 0.931 bits per heavy atom. The second kappa shape index (κ2) is 9.32. The quantitative estimate of drug-likeness (QED) is 0.736. The van der Waals surface area contributed by atoms with E-state index in [2.05, 4.69) is 0 Å². The minimum absolute atomic E-state index is 0.225. The zero-order chi connectivity index (χ0) is 20.8. The summed E-state index contributed by atoms with van der Waals surface area (Å²) in [5.41, 5.74) is 1.54. The molecule has 7 heteroatoms. The fraction of sp³-hybridized carbons (Fsp3) is 0.364.